The summed E-state index contributed by atoms with van der Waals surface area (Å²) >= 11 is 0. The third kappa shape index (κ3) is 51.2. The van der Waals surface area contributed by atoms with E-state index in [1.165, 1.54) is 51.4 Å². The van der Waals surface area contributed by atoms with E-state index in [2.05, 4.69) is 49.0 Å². The molecule has 4 saturated heterocycles. The number of nitrogens with one attached hydrogen (secondary N) is 2. The van der Waals surface area contributed by atoms with Gasteiger partial charge in [-0.2, -0.15) is 0 Å². The Morgan fingerprint density at radius 2 is 0.575 bits per heavy atom. The molecule has 14 nitrogen and oxygen atoms in total. The van der Waals surface area contributed by atoms with Crippen molar-refractivity contribution < 1.29 is 59.0 Å². The summed E-state index contributed by atoms with van der Waals surface area (Å²) in [5.74, 6) is 3.77. The van der Waals surface area contributed by atoms with Crippen LogP contribution in [0.1, 0.15) is 79.1 Å². The number of nitrogens with zero attached hydrogens (tertiary/aromatic N) is 5. The largest absolute Gasteiger partial charge is 3.00 e. The van der Waals surface area contributed by atoms with Crippen LogP contribution in [-0.2, 0) is 33.0 Å². The molecule has 4 aliphatic heterocycles. The predicted octanol–water partition coefficient (Wildman–Crippen LogP) is 5.54. The third-order valence-electron chi connectivity index (χ3n) is 6.24. The van der Waals surface area contributed by atoms with Crippen molar-refractivity contribution in [2.75, 3.05) is 52.4 Å². The van der Waals surface area contributed by atoms with E-state index in [9.17, 15) is 0 Å². The Hall–Kier alpha value is 0.427. The van der Waals surface area contributed by atoms with Gasteiger partial charge < -0.3 is 42.1 Å². The van der Waals surface area contributed by atoms with Crippen LogP contribution < -0.4 is 11.3 Å². The SMILES string of the molecule is CC1CC[N-]CC1.CC1CC[N-]CC1.CC1CC[N-]CC1.CC1CC[N-]CC1.ON(O)O.[Ni+3].[Ni+3].[O-]NO.[O-]NO. The average molecular weight is 671 g/mol. The summed E-state index contributed by atoms with van der Waals surface area (Å²) in [6, 6.07) is 0. The fourth-order valence-electron chi connectivity index (χ4n) is 3.52. The molecule has 2 radical (unpaired) electrons. The van der Waals surface area contributed by atoms with E-state index in [0.29, 0.717) is 11.3 Å². The fraction of sp³-hybridized carbons (Fsp3) is 1.00. The zero-order valence-electron chi connectivity index (χ0n) is 24.5. The molecule has 0 amide bonds. The van der Waals surface area contributed by atoms with Gasteiger partial charge in [0.25, 0.3) is 0 Å². The van der Waals surface area contributed by atoms with E-state index in [-0.39, 0.29) is 33.0 Å². The van der Waals surface area contributed by atoms with Gasteiger partial charge in [-0.1, -0.05) is 79.1 Å². The zero-order chi connectivity index (χ0) is 29.4. The average Bonchev–Trinajstić information content (AvgIpc) is 2.88. The molecular formula is C24H55N7Ni2O7. The van der Waals surface area contributed by atoms with Gasteiger partial charge in [-0.3, -0.25) is 26.9 Å². The molecule has 4 heterocycles. The van der Waals surface area contributed by atoms with Crippen molar-refractivity contribution in [2.45, 2.75) is 79.1 Å². The second kappa shape index (κ2) is 41.6. The molecule has 248 valence electrons. The minimum atomic E-state index is -1.00. The van der Waals surface area contributed by atoms with Gasteiger partial charge in [0.2, 0.25) is 0 Å². The number of piperidine rings is 4. The molecule has 7 N–H and O–H groups in total. The molecule has 4 fully saturated rings. The van der Waals surface area contributed by atoms with Crippen LogP contribution in [0.25, 0.3) is 21.3 Å². The van der Waals surface area contributed by atoms with Crippen LogP contribution in [0.4, 0.5) is 0 Å². The molecule has 0 spiro atoms. The maximum absolute atomic E-state index is 8.24. The molecule has 0 saturated carbocycles. The van der Waals surface area contributed by atoms with E-state index in [1.54, 1.807) is 0 Å². The molecule has 40 heavy (non-hydrogen) atoms. The molecule has 0 bridgehead atoms. The maximum atomic E-state index is 8.24. The Kier molecular flexibility index (Phi) is 52.0. The van der Waals surface area contributed by atoms with Crippen LogP contribution in [0.5, 0.6) is 0 Å². The monoisotopic (exact) mass is 669 g/mol. The van der Waals surface area contributed by atoms with Crippen LogP contribution in [-0.4, -0.2) is 83.8 Å². The Balaban J connectivity index is -0.000000121. The topological polar surface area (TPSA) is 231 Å². The van der Waals surface area contributed by atoms with E-state index in [4.69, 9.17) is 36.5 Å². The number of hydrogen-bond donors (Lipinski definition) is 7. The molecule has 0 aliphatic carbocycles. The molecule has 0 aromatic carbocycles. The van der Waals surface area contributed by atoms with Gasteiger partial charge in [-0.25, -0.2) is 0 Å². The molecule has 0 atom stereocenters. The predicted molar refractivity (Wildman–Crippen MR) is 150 cm³/mol. The van der Waals surface area contributed by atoms with Crippen molar-refractivity contribution in [3.8, 4) is 0 Å². The van der Waals surface area contributed by atoms with Gasteiger partial charge in [-0.15, -0.1) is 52.4 Å². The normalized spacial score (nSPS) is 19.5. The summed E-state index contributed by atoms with van der Waals surface area (Å²) in [6.07, 6.45) is 10.6. The maximum Gasteiger partial charge on any atom is 3.00 e. The standard InChI is InChI=1S/4C6H12N.H3NO3.2H2NO2.2Ni/c4*1-6-2-4-7-5-3-6;2-1(3)4;2*2-1-3;;/h4*6H,2-5H2,1H3;2-4H;2*1-2H;;/q4*-1;;2*-1;2*+3. The van der Waals surface area contributed by atoms with Crippen molar-refractivity contribution in [2.24, 2.45) is 23.7 Å². The summed E-state index contributed by atoms with van der Waals surface area (Å²) in [5, 5.41) is 66.9. The fourth-order valence-corrected chi connectivity index (χ4v) is 3.52. The second-order valence-electron chi connectivity index (χ2n) is 9.86. The molecule has 0 aromatic rings. The molecular weight excluding hydrogens is 616 g/mol. The van der Waals surface area contributed by atoms with Gasteiger partial charge in [0.05, 0.1) is 5.39 Å². The van der Waals surface area contributed by atoms with Gasteiger partial charge in [0.15, 0.2) is 0 Å². The van der Waals surface area contributed by atoms with Crippen LogP contribution in [0.3, 0.4) is 0 Å². The first-order valence-corrected chi connectivity index (χ1v) is 13.6. The van der Waals surface area contributed by atoms with Crippen LogP contribution in [0, 0.1) is 34.1 Å². The molecule has 4 rings (SSSR count). The van der Waals surface area contributed by atoms with Crippen molar-refractivity contribution >= 4 is 0 Å². The first kappa shape index (κ1) is 50.1. The van der Waals surface area contributed by atoms with Crippen molar-refractivity contribution in [3.05, 3.63) is 31.7 Å². The Morgan fingerprint density at radius 1 is 0.475 bits per heavy atom. The van der Waals surface area contributed by atoms with Crippen molar-refractivity contribution in [1.82, 2.24) is 16.7 Å². The molecule has 16 heteroatoms. The van der Waals surface area contributed by atoms with E-state index in [1.807, 2.05) is 0 Å². The number of hydrogen-bond acceptors (Lipinski definition) is 10. The number of rotatable bonds is 0. The molecule has 4 aliphatic rings. The first-order valence-electron chi connectivity index (χ1n) is 13.6. The molecule has 0 unspecified atom stereocenters. The van der Waals surface area contributed by atoms with E-state index < -0.39 is 5.39 Å². The van der Waals surface area contributed by atoms with Crippen LogP contribution in [0.2, 0.25) is 0 Å². The summed E-state index contributed by atoms with van der Waals surface area (Å²) in [5.41, 5.74) is 1.00. The van der Waals surface area contributed by atoms with Crippen LogP contribution in [0.15, 0.2) is 0 Å². The van der Waals surface area contributed by atoms with E-state index in [0.717, 1.165) is 76.0 Å². The summed E-state index contributed by atoms with van der Waals surface area (Å²) in [6.45, 7) is 18.1. The minimum absolute atomic E-state index is 0. The third-order valence-corrected chi connectivity index (χ3v) is 6.24. The Bertz CT molecular complexity index is 352. The summed E-state index contributed by atoms with van der Waals surface area (Å²) in [4.78, 5) is 0. The van der Waals surface area contributed by atoms with Crippen molar-refractivity contribution in [3.63, 3.8) is 0 Å². The zero-order valence-corrected chi connectivity index (χ0v) is 26.5. The van der Waals surface area contributed by atoms with Gasteiger partial charge in [0.1, 0.15) is 0 Å². The quantitative estimate of drug-likeness (QED) is 0.126. The minimum Gasteiger partial charge on any atom is -0.765 e. The van der Waals surface area contributed by atoms with Gasteiger partial charge >= 0.3 is 33.0 Å². The summed E-state index contributed by atoms with van der Waals surface area (Å²) in [7, 11) is 0. The Morgan fingerprint density at radius 3 is 0.625 bits per heavy atom. The van der Waals surface area contributed by atoms with Gasteiger partial charge in [-0.05, 0) is 23.7 Å². The smallest absolute Gasteiger partial charge is 0.765 e. The second-order valence-corrected chi connectivity index (χ2v) is 9.86. The Labute approximate surface area is 262 Å². The van der Waals surface area contributed by atoms with E-state index >= 15 is 0 Å². The van der Waals surface area contributed by atoms with Crippen molar-refractivity contribution in [1.29, 1.82) is 0 Å². The van der Waals surface area contributed by atoms with Crippen LogP contribution >= 0.6 is 0 Å². The van der Waals surface area contributed by atoms with Gasteiger partial charge in [0, 0.05) is 0 Å². The first-order chi connectivity index (χ1) is 18.1. The molecule has 0 aromatic heterocycles. The summed E-state index contributed by atoms with van der Waals surface area (Å²) < 4.78 is 0.